The van der Waals surface area contributed by atoms with E-state index in [2.05, 4.69) is 0 Å². The van der Waals surface area contributed by atoms with Crippen LogP contribution in [0.25, 0.3) is 0 Å². The van der Waals surface area contributed by atoms with Gasteiger partial charge in [-0.2, -0.15) is 4.31 Å². The summed E-state index contributed by atoms with van der Waals surface area (Å²) in [4.78, 5) is 14.7. The van der Waals surface area contributed by atoms with Gasteiger partial charge < -0.3 is 4.90 Å². The van der Waals surface area contributed by atoms with Crippen molar-refractivity contribution in [2.75, 3.05) is 26.2 Å². The van der Waals surface area contributed by atoms with Crippen molar-refractivity contribution in [2.45, 2.75) is 12.7 Å². The average Bonchev–Trinajstić information content (AvgIpc) is 3.08. The van der Waals surface area contributed by atoms with Crippen LogP contribution in [0.4, 0.5) is 0 Å². The Morgan fingerprint density at radius 3 is 2.50 bits per heavy atom. The van der Waals surface area contributed by atoms with Gasteiger partial charge in [-0.15, -0.1) is 11.3 Å². The molecule has 1 aromatic carbocycles. The van der Waals surface area contributed by atoms with E-state index in [9.17, 15) is 13.2 Å². The SMILES string of the molecule is Cc1cccc(CS(=O)(=O)N2CCN(C(=O)c3cccs3)CC2)c1. The highest BCUT2D eigenvalue weighted by atomic mass is 32.2. The van der Waals surface area contributed by atoms with Crippen molar-refractivity contribution in [2.24, 2.45) is 0 Å². The zero-order chi connectivity index (χ0) is 17.2. The van der Waals surface area contributed by atoms with E-state index < -0.39 is 10.0 Å². The molecule has 0 saturated carbocycles. The molecule has 0 radical (unpaired) electrons. The maximum absolute atomic E-state index is 12.6. The van der Waals surface area contributed by atoms with Crippen molar-refractivity contribution in [3.63, 3.8) is 0 Å². The predicted octanol–water partition coefficient (Wildman–Crippen LogP) is 2.34. The minimum Gasteiger partial charge on any atom is -0.335 e. The second-order valence-corrected chi connectivity index (χ2v) is 8.83. The molecule has 1 fully saturated rings. The molecule has 2 aromatic rings. The monoisotopic (exact) mass is 364 g/mol. The Balaban J connectivity index is 1.62. The molecule has 1 saturated heterocycles. The number of aryl methyl sites for hydroxylation is 1. The van der Waals surface area contributed by atoms with E-state index in [1.54, 1.807) is 11.0 Å². The standard InChI is InChI=1S/C17H20N2O3S2/c1-14-4-2-5-15(12-14)13-24(21,22)19-9-7-18(8-10-19)17(20)16-6-3-11-23-16/h2-6,11-12H,7-10,13H2,1H3. The largest absolute Gasteiger partial charge is 0.335 e. The molecule has 1 aromatic heterocycles. The maximum atomic E-state index is 12.6. The molecule has 24 heavy (non-hydrogen) atoms. The lowest BCUT2D eigenvalue weighted by molar-refractivity contribution is 0.0702. The summed E-state index contributed by atoms with van der Waals surface area (Å²) in [6, 6.07) is 11.2. The van der Waals surface area contributed by atoms with Crippen LogP contribution < -0.4 is 0 Å². The molecule has 0 bridgehead atoms. The Hall–Kier alpha value is -1.70. The quantitative estimate of drug-likeness (QED) is 0.837. The lowest BCUT2D eigenvalue weighted by atomic mass is 10.2. The van der Waals surface area contributed by atoms with Gasteiger partial charge in [-0.3, -0.25) is 4.79 Å². The first-order valence-corrected chi connectivity index (χ1v) is 10.3. The van der Waals surface area contributed by atoms with Crippen LogP contribution in [0.1, 0.15) is 20.8 Å². The number of benzene rings is 1. The molecule has 1 aliphatic rings. The summed E-state index contributed by atoms with van der Waals surface area (Å²) in [5.41, 5.74) is 1.85. The molecule has 0 spiro atoms. The molecule has 5 nitrogen and oxygen atoms in total. The fourth-order valence-electron chi connectivity index (χ4n) is 2.83. The van der Waals surface area contributed by atoms with Gasteiger partial charge in [0.05, 0.1) is 10.6 Å². The molecule has 0 atom stereocenters. The number of thiophene rings is 1. The van der Waals surface area contributed by atoms with Crippen LogP contribution in [-0.4, -0.2) is 49.7 Å². The Morgan fingerprint density at radius 1 is 1.12 bits per heavy atom. The van der Waals surface area contributed by atoms with E-state index in [0.29, 0.717) is 31.1 Å². The van der Waals surface area contributed by atoms with Gasteiger partial charge in [0.2, 0.25) is 10.0 Å². The van der Waals surface area contributed by atoms with Crippen LogP contribution >= 0.6 is 11.3 Å². The van der Waals surface area contributed by atoms with Crippen LogP contribution in [-0.2, 0) is 15.8 Å². The minimum absolute atomic E-state index is 0.00749. The van der Waals surface area contributed by atoms with Crippen molar-refractivity contribution in [3.8, 4) is 0 Å². The smallest absolute Gasteiger partial charge is 0.264 e. The lowest BCUT2D eigenvalue weighted by Gasteiger charge is -2.33. The van der Waals surface area contributed by atoms with Gasteiger partial charge in [-0.25, -0.2) is 8.42 Å². The number of carbonyl (C=O) groups excluding carboxylic acids is 1. The van der Waals surface area contributed by atoms with Crippen molar-refractivity contribution < 1.29 is 13.2 Å². The van der Waals surface area contributed by atoms with E-state index in [4.69, 9.17) is 0 Å². The van der Waals surface area contributed by atoms with Crippen LogP contribution in [0.3, 0.4) is 0 Å². The molecule has 0 unspecified atom stereocenters. The third-order valence-electron chi connectivity index (χ3n) is 4.08. The summed E-state index contributed by atoms with van der Waals surface area (Å²) >= 11 is 1.41. The molecule has 3 rings (SSSR count). The summed E-state index contributed by atoms with van der Waals surface area (Å²) in [6.45, 7) is 3.52. The molecule has 1 amide bonds. The van der Waals surface area contributed by atoms with Crippen LogP contribution in [0.2, 0.25) is 0 Å². The van der Waals surface area contributed by atoms with E-state index in [1.165, 1.54) is 15.6 Å². The number of rotatable bonds is 4. The van der Waals surface area contributed by atoms with Crippen LogP contribution in [0, 0.1) is 6.92 Å². The number of nitrogens with zero attached hydrogens (tertiary/aromatic N) is 2. The normalized spacial score (nSPS) is 16.3. The number of hydrogen-bond acceptors (Lipinski definition) is 4. The first kappa shape index (κ1) is 17.1. The summed E-state index contributed by atoms with van der Waals surface area (Å²) < 4.78 is 26.7. The predicted molar refractivity (Wildman–Crippen MR) is 95.6 cm³/mol. The van der Waals surface area contributed by atoms with Gasteiger partial charge >= 0.3 is 0 Å². The van der Waals surface area contributed by atoms with E-state index >= 15 is 0 Å². The van der Waals surface area contributed by atoms with Crippen molar-refractivity contribution in [3.05, 3.63) is 57.8 Å². The van der Waals surface area contributed by atoms with E-state index in [1.807, 2.05) is 42.6 Å². The molecular weight excluding hydrogens is 344 g/mol. The first-order chi connectivity index (χ1) is 11.5. The van der Waals surface area contributed by atoms with Crippen molar-refractivity contribution in [1.82, 2.24) is 9.21 Å². The highest BCUT2D eigenvalue weighted by molar-refractivity contribution is 7.88. The molecule has 0 N–H and O–H groups in total. The number of piperazine rings is 1. The van der Waals surface area contributed by atoms with Gasteiger partial charge in [0.1, 0.15) is 0 Å². The fraction of sp³-hybridized carbons (Fsp3) is 0.353. The van der Waals surface area contributed by atoms with Crippen LogP contribution in [0.15, 0.2) is 41.8 Å². The zero-order valence-corrected chi connectivity index (χ0v) is 15.1. The Bertz CT molecular complexity index is 808. The number of sulfonamides is 1. The number of amides is 1. The van der Waals surface area contributed by atoms with Gasteiger partial charge in [0.25, 0.3) is 5.91 Å². The third kappa shape index (κ3) is 3.85. The minimum atomic E-state index is -3.36. The second kappa shape index (κ2) is 7.04. The van der Waals surface area contributed by atoms with Gasteiger partial charge in [0.15, 0.2) is 0 Å². The number of hydrogen-bond donors (Lipinski definition) is 0. The van der Waals surface area contributed by atoms with Crippen molar-refractivity contribution in [1.29, 1.82) is 0 Å². The highest BCUT2D eigenvalue weighted by Crippen LogP contribution is 2.17. The van der Waals surface area contributed by atoms with Gasteiger partial charge in [-0.1, -0.05) is 35.9 Å². The van der Waals surface area contributed by atoms with Crippen molar-refractivity contribution >= 4 is 27.3 Å². The molecule has 0 aliphatic carbocycles. The zero-order valence-electron chi connectivity index (χ0n) is 13.5. The Labute approximate surface area is 146 Å². The Morgan fingerprint density at radius 2 is 1.88 bits per heavy atom. The topological polar surface area (TPSA) is 57.7 Å². The maximum Gasteiger partial charge on any atom is 0.264 e. The van der Waals surface area contributed by atoms with Gasteiger partial charge in [0, 0.05) is 26.2 Å². The lowest BCUT2D eigenvalue weighted by Crippen LogP contribution is -2.50. The number of carbonyl (C=O) groups is 1. The Kier molecular flexibility index (Phi) is 5.03. The summed E-state index contributed by atoms with van der Waals surface area (Å²) in [5, 5.41) is 1.87. The molecule has 1 aliphatic heterocycles. The molecule has 2 heterocycles. The fourth-order valence-corrected chi connectivity index (χ4v) is 5.02. The summed E-state index contributed by atoms with van der Waals surface area (Å²) in [5.74, 6) is -0.00572. The average molecular weight is 364 g/mol. The van der Waals surface area contributed by atoms with E-state index in [-0.39, 0.29) is 11.7 Å². The first-order valence-electron chi connectivity index (χ1n) is 7.82. The molecular formula is C17H20N2O3S2. The molecule has 128 valence electrons. The second-order valence-electron chi connectivity index (χ2n) is 5.91. The summed E-state index contributed by atoms with van der Waals surface area (Å²) in [7, 11) is -3.36. The van der Waals surface area contributed by atoms with Gasteiger partial charge in [-0.05, 0) is 23.9 Å². The van der Waals surface area contributed by atoms with Crippen LogP contribution in [0.5, 0.6) is 0 Å². The molecule has 7 heteroatoms. The summed E-state index contributed by atoms with van der Waals surface area (Å²) in [6.07, 6.45) is 0. The highest BCUT2D eigenvalue weighted by Gasteiger charge is 2.29. The van der Waals surface area contributed by atoms with E-state index in [0.717, 1.165) is 11.1 Å². The third-order valence-corrected chi connectivity index (χ3v) is 6.79.